The number of fused-ring (bicyclic) bond motifs is 1. The van der Waals surface area contributed by atoms with Gasteiger partial charge in [0.05, 0.1) is 11.6 Å². The Morgan fingerprint density at radius 1 is 1.00 bits per heavy atom. The second-order valence-electron chi connectivity index (χ2n) is 6.49. The molecule has 0 unspecified atom stereocenters. The average Bonchev–Trinajstić information content (AvgIpc) is 3.06. The van der Waals surface area contributed by atoms with E-state index in [-0.39, 0.29) is 11.7 Å². The number of aromatic nitrogens is 1. The summed E-state index contributed by atoms with van der Waals surface area (Å²) in [7, 11) is 0. The summed E-state index contributed by atoms with van der Waals surface area (Å²) in [6, 6.07) is 19.3. The molecule has 132 valence electrons. The lowest BCUT2D eigenvalue weighted by Crippen LogP contribution is -2.25. The Bertz CT molecular complexity index is 1070. The van der Waals surface area contributed by atoms with E-state index in [1.807, 2.05) is 47.0 Å². The van der Waals surface area contributed by atoms with Crippen LogP contribution in [0.15, 0.2) is 60.8 Å². The third-order valence-electron chi connectivity index (χ3n) is 4.78. The van der Waals surface area contributed by atoms with Gasteiger partial charge in [0, 0.05) is 31.3 Å². The molecule has 5 nitrogen and oxygen atoms in total. The van der Waals surface area contributed by atoms with Gasteiger partial charge in [-0.3, -0.25) is 9.59 Å². The Labute approximate surface area is 156 Å². The van der Waals surface area contributed by atoms with Crippen molar-refractivity contribution < 1.29 is 9.59 Å². The van der Waals surface area contributed by atoms with E-state index in [1.54, 1.807) is 18.3 Å². The Hall–Kier alpha value is -3.65. The predicted molar refractivity (Wildman–Crippen MR) is 101 cm³/mol. The maximum atomic E-state index is 12.3. The highest BCUT2D eigenvalue weighted by Gasteiger charge is 2.24. The lowest BCUT2D eigenvalue weighted by Gasteiger charge is -2.10. The Morgan fingerprint density at radius 2 is 1.78 bits per heavy atom. The molecule has 0 atom stereocenters. The zero-order valence-corrected chi connectivity index (χ0v) is 14.6. The Balaban J connectivity index is 1.63. The summed E-state index contributed by atoms with van der Waals surface area (Å²) < 4.78 is 1.81. The summed E-state index contributed by atoms with van der Waals surface area (Å²) in [5, 5.41) is 12.0. The van der Waals surface area contributed by atoms with E-state index in [4.69, 9.17) is 0 Å². The van der Waals surface area contributed by atoms with E-state index in [0.29, 0.717) is 36.3 Å². The molecular formula is C22H17N3O2. The highest BCUT2D eigenvalue weighted by atomic mass is 16.2. The number of hydrogen-bond acceptors (Lipinski definition) is 3. The van der Waals surface area contributed by atoms with Gasteiger partial charge in [0.2, 0.25) is 0 Å². The van der Waals surface area contributed by atoms with E-state index in [1.165, 1.54) is 0 Å². The molecule has 0 spiro atoms. The number of benzene rings is 2. The smallest absolute Gasteiger partial charge is 0.268 e. The zero-order chi connectivity index (χ0) is 18.8. The standard InChI is InChI=1S/C22H17N3O2/c23-13-17-3-1-2-4-18(17)16-7-5-15(6-8-16)14-25-12-10-19-20(26)9-11-24-22(27)21(19)25/h1-8,10,12H,9,11,14H2,(H,24,27). The van der Waals surface area contributed by atoms with Gasteiger partial charge in [0.25, 0.3) is 5.91 Å². The lowest BCUT2D eigenvalue weighted by atomic mass is 9.99. The first-order valence-corrected chi connectivity index (χ1v) is 8.76. The lowest BCUT2D eigenvalue weighted by molar-refractivity contribution is 0.0947. The summed E-state index contributed by atoms with van der Waals surface area (Å²) in [5.41, 5.74) is 4.43. The molecule has 2 heterocycles. The minimum Gasteiger partial charge on any atom is -0.350 e. The number of carbonyl (C=O) groups is 2. The molecule has 0 radical (unpaired) electrons. The summed E-state index contributed by atoms with van der Waals surface area (Å²) in [5.74, 6) is -0.217. The third-order valence-corrected chi connectivity index (χ3v) is 4.78. The summed E-state index contributed by atoms with van der Waals surface area (Å²) in [4.78, 5) is 24.5. The SMILES string of the molecule is N#Cc1ccccc1-c1ccc(Cn2ccc3c2C(=O)NCCC3=O)cc1. The van der Waals surface area contributed by atoms with Crippen molar-refractivity contribution in [3.8, 4) is 17.2 Å². The molecule has 2 aromatic carbocycles. The van der Waals surface area contributed by atoms with E-state index >= 15 is 0 Å². The molecule has 3 aromatic rings. The normalized spacial score (nSPS) is 13.4. The largest absolute Gasteiger partial charge is 0.350 e. The molecule has 0 fully saturated rings. The van der Waals surface area contributed by atoms with Crippen LogP contribution in [0.1, 0.15) is 38.4 Å². The quantitative estimate of drug-likeness (QED) is 0.782. The molecule has 0 aliphatic carbocycles. The molecule has 1 N–H and O–H groups in total. The first kappa shape index (κ1) is 16.8. The number of amides is 1. The first-order valence-electron chi connectivity index (χ1n) is 8.76. The molecular weight excluding hydrogens is 338 g/mol. The van der Waals surface area contributed by atoms with Crippen molar-refractivity contribution in [2.75, 3.05) is 6.54 Å². The van der Waals surface area contributed by atoms with E-state index in [2.05, 4.69) is 11.4 Å². The van der Waals surface area contributed by atoms with Crippen LogP contribution < -0.4 is 5.32 Å². The van der Waals surface area contributed by atoms with Gasteiger partial charge in [-0.1, -0.05) is 42.5 Å². The van der Waals surface area contributed by atoms with Crippen LogP contribution in [0.4, 0.5) is 0 Å². The number of nitriles is 1. The minimum absolute atomic E-state index is 0.00874. The minimum atomic E-state index is -0.208. The molecule has 27 heavy (non-hydrogen) atoms. The predicted octanol–water partition coefficient (Wildman–Crippen LogP) is 3.39. The number of ketones is 1. The summed E-state index contributed by atoms with van der Waals surface area (Å²) in [6.45, 7) is 0.871. The van der Waals surface area contributed by atoms with Crippen molar-refractivity contribution in [1.82, 2.24) is 9.88 Å². The van der Waals surface area contributed by atoms with Crippen molar-refractivity contribution in [2.24, 2.45) is 0 Å². The van der Waals surface area contributed by atoms with Gasteiger partial charge in [-0.25, -0.2) is 0 Å². The van der Waals surface area contributed by atoms with Crippen molar-refractivity contribution in [2.45, 2.75) is 13.0 Å². The highest BCUT2D eigenvalue weighted by Crippen LogP contribution is 2.24. The first-order chi connectivity index (χ1) is 13.2. The number of nitrogens with zero attached hydrogens (tertiary/aromatic N) is 2. The fourth-order valence-corrected chi connectivity index (χ4v) is 3.41. The van der Waals surface area contributed by atoms with Gasteiger partial charge in [-0.2, -0.15) is 5.26 Å². The Kier molecular flexibility index (Phi) is 4.31. The molecule has 1 aromatic heterocycles. The van der Waals surface area contributed by atoms with Crippen LogP contribution in [0, 0.1) is 11.3 Å². The highest BCUT2D eigenvalue weighted by molar-refractivity contribution is 6.09. The number of Topliss-reactive ketones (excluding diaryl/α,β-unsaturated/α-hetero) is 1. The average molecular weight is 355 g/mol. The fourth-order valence-electron chi connectivity index (χ4n) is 3.41. The maximum Gasteiger partial charge on any atom is 0.268 e. The van der Waals surface area contributed by atoms with Crippen molar-refractivity contribution >= 4 is 11.7 Å². The third kappa shape index (κ3) is 3.13. The molecule has 1 aliphatic rings. The van der Waals surface area contributed by atoms with Crippen LogP contribution in [-0.2, 0) is 6.54 Å². The number of carbonyl (C=O) groups excluding carboxylic acids is 2. The van der Waals surface area contributed by atoms with Crippen molar-refractivity contribution in [1.29, 1.82) is 5.26 Å². The number of rotatable bonds is 3. The molecule has 0 bridgehead atoms. The van der Waals surface area contributed by atoms with Gasteiger partial charge in [0.1, 0.15) is 5.69 Å². The van der Waals surface area contributed by atoms with Crippen molar-refractivity contribution in [3.05, 3.63) is 83.2 Å². The van der Waals surface area contributed by atoms with E-state index in [9.17, 15) is 14.9 Å². The maximum absolute atomic E-state index is 12.3. The van der Waals surface area contributed by atoms with Crippen molar-refractivity contribution in [3.63, 3.8) is 0 Å². The molecule has 1 amide bonds. The van der Waals surface area contributed by atoms with E-state index in [0.717, 1.165) is 16.7 Å². The molecule has 0 saturated carbocycles. The van der Waals surface area contributed by atoms with Crippen LogP contribution >= 0.6 is 0 Å². The zero-order valence-electron chi connectivity index (χ0n) is 14.6. The summed E-state index contributed by atoms with van der Waals surface area (Å²) >= 11 is 0. The molecule has 5 heteroatoms. The molecule has 0 saturated heterocycles. The van der Waals surface area contributed by atoms with Crippen LogP contribution in [0.3, 0.4) is 0 Å². The van der Waals surface area contributed by atoms with E-state index < -0.39 is 0 Å². The van der Waals surface area contributed by atoms with Gasteiger partial charge < -0.3 is 9.88 Å². The fraction of sp³-hybridized carbons (Fsp3) is 0.136. The molecule has 1 aliphatic heterocycles. The van der Waals surface area contributed by atoms with Gasteiger partial charge in [-0.15, -0.1) is 0 Å². The molecule has 4 rings (SSSR count). The number of hydrogen-bond donors (Lipinski definition) is 1. The van der Waals surface area contributed by atoms with Crippen LogP contribution in [0.5, 0.6) is 0 Å². The second kappa shape index (κ2) is 6.93. The van der Waals surface area contributed by atoms with Gasteiger partial charge >= 0.3 is 0 Å². The summed E-state index contributed by atoms with van der Waals surface area (Å²) in [6.07, 6.45) is 2.11. The van der Waals surface area contributed by atoms with Crippen LogP contribution in [-0.4, -0.2) is 22.8 Å². The Morgan fingerprint density at radius 3 is 2.56 bits per heavy atom. The van der Waals surface area contributed by atoms with Gasteiger partial charge in [-0.05, 0) is 28.8 Å². The monoisotopic (exact) mass is 355 g/mol. The van der Waals surface area contributed by atoms with Gasteiger partial charge in [0.15, 0.2) is 5.78 Å². The number of nitrogens with one attached hydrogen (secondary N) is 1. The topological polar surface area (TPSA) is 74.9 Å². The second-order valence-corrected chi connectivity index (χ2v) is 6.49. The van der Waals surface area contributed by atoms with Crippen LogP contribution in [0.2, 0.25) is 0 Å². The van der Waals surface area contributed by atoms with Crippen LogP contribution in [0.25, 0.3) is 11.1 Å².